The van der Waals surface area contributed by atoms with Gasteiger partial charge in [0.2, 0.25) is 0 Å². The van der Waals surface area contributed by atoms with Gasteiger partial charge in [0.05, 0.1) is 7.11 Å². The quantitative estimate of drug-likeness (QED) is 0.366. The summed E-state index contributed by atoms with van der Waals surface area (Å²) >= 11 is 0. The Morgan fingerprint density at radius 3 is 2.18 bits per heavy atom. The fourth-order valence-electron chi connectivity index (χ4n) is 4.23. The largest absolute Gasteiger partial charge is 0.490 e. The van der Waals surface area contributed by atoms with Crippen molar-refractivity contribution in [2.75, 3.05) is 20.3 Å². The van der Waals surface area contributed by atoms with Gasteiger partial charge in [-0.2, -0.15) is 0 Å². The summed E-state index contributed by atoms with van der Waals surface area (Å²) in [5, 5.41) is 2.66. The van der Waals surface area contributed by atoms with Gasteiger partial charge >= 0.3 is 12.1 Å². The van der Waals surface area contributed by atoms with E-state index in [0.717, 1.165) is 27.8 Å². The summed E-state index contributed by atoms with van der Waals surface area (Å²) in [6.07, 6.45) is 1.26. The van der Waals surface area contributed by atoms with Gasteiger partial charge in [0.1, 0.15) is 25.0 Å². The number of ether oxygens (including phenoxy) is 3. The molecule has 0 spiro atoms. The molecule has 174 valence electrons. The van der Waals surface area contributed by atoms with Crippen LogP contribution < -0.4 is 10.1 Å². The van der Waals surface area contributed by atoms with E-state index in [1.165, 1.54) is 7.11 Å². The second-order valence-electron chi connectivity index (χ2n) is 7.99. The maximum Gasteiger partial charge on any atom is 0.407 e. The number of fused-ring (bicyclic) bond motifs is 3. The molecule has 1 aliphatic rings. The van der Waals surface area contributed by atoms with Crippen LogP contribution in [-0.4, -0.2) is 38.4 Å². The summed E-state index contributed by atoms with van der Waals surface area (Å²) in [6, 6.07) is 22.7. The van der Waals surface area contributed by atoms with Crippen LogP contribution in [0.25, 0.3) is 11.1 Å². The molecule has 0 aromatic heterocycles. The number of methoxy groups -OCH3 is 1. The molecule has 1 aliphatic carbocycles. The van der Waals surface area contributed by atoms with Crippen LogP contribution in [0.4, 0.5) is 4.79 Å². The van der Waals surface area contributed by atoms with Gasteiger partial charge < -0.3 is 19.5 Å². The van der Waals surface area contributed by atoms with Gasteiger partial charge in [0.25, 0.3) is 0 Å². The third-order valence-corrected chi connectivity index (χ3v) is 5.85. The second-order valence-corrected chi connectivity index (χ2v) is 7.99. The summed E-state index contributed by atoms with van der Waals surface area (Å²) in [5.41, 5.74) is 5.40. The summed E-state index contributed by atoms with van der Waals surface area (Å²) in [6.45, 7) is 4.20. The van der Waals surface area contributed by atoms with Crippen LogP contribution in [-0.2, 0) is 20.7 Å². The van der Waals surface area contributed by atoms with E-state index in [9.17, 15) is 9.59 Å². The molecule has 1 atom stereocenters. The molecule has 0 heterocycles. The van der Waals surface area contributed by atoms with Crippen molar-refractivity contribution in [1.82, 2.24) is 5.32 Å². The van der Waals surface area contributed by atoms with Crippen molar-refractivity contribution < 1.29 is 23.8 Å². The molecule has 0 fully saturated rings. The zero-order valence-electron chi connectivity index (χ0n) is 19.0. The highest BCUT2D eigenvalue weighted by atomic mass is 16.6. The molecule has 3 aromatic rings. The number of carbonyl (C=O) groups is 2. The van der Waals surface area contributed by atoms with Crippen molar-refractivity contribution in [3.63, 3.8) is 0 Å². The van der Waals surface area contributed by atoms with Gasteiger partial charge in [-0.3, -0.25) is 0 Å². The van der Waals surface area contributed by atoms with Gasteiger partial charge in [0, 0.05) is 12.3 Å². The Labute approximate surface area is 199 Å². The molecule has 1 N–H and O–H groups in total. The molecule has 0 radical (unpaired) electrons. The summed E-state index contributed by atoms with van der Waals surface area (Å²) in [4.78, 5) is 25.0. The summed E-state index contributed by atoms with van der Waals surface area (Å²) < 4.78 is 15.9. The van der Waals surface area contributed by atoms with Gasteiger partial charge in [-0.25, -0.2) is 9.59 Å². The lowest BCUT2D eigenvalue weighted by molar-refractivity contribution is -0.143. The first-order valence-corrected chi connectivity index (χ1v) is 11.1. The molecule has 0 unspecified atom stereocenters. The third-order valence-electron chi connectivity index (χ3n) is 5.85. The van der Waals surface area contributed by atoms with Crippen molar-refractivity contribution in [1.29, 1.82) is 0 Å². The molecule has 3 aromatic carbocycles. The third kappa shape index (κ3) is 5.12. The maximum atomic E-state index is 12.6. The van der Waals surface area contributed by atoms with Crippen LogP contribution in [0, 0.1) is 0 Å². The maximum absolute atomic E-state index is 12.6. The lowest BCUT2D eigenvalue weighted by Gasteiger charge is -2.19. The Morgan fingerprint density at radius 2 is 1.59 bits per heavy atom. The van der Waals surface area contributed by atoms with E-state index in [1.54, 1.807) is 18.2 Å². The van der Waals surface area contributed by atoms with E-state index < -0.39 is 18.1 Å². The van der Waals surface area contributed by atoms with Crippen molar-refractivity contribution in [2.24, 2.45) is 0 Å². The smallest absolute Gasteiger partial charge is 0.407 e. The van der Waals surface area contributed by atoms with E-state index in [4.69, 9.17) is 14.2 Å². The average Bonchev–Trinajstić information content (AvgIpc) is 3.20. The Morgan fingerprint density at radius 1 is 0.971 bits per heavy atom. The molecule has 1 amide bonds. The molecule has 0 bridgehead atoms. The predicted octanol–water partition coefficient (Wildman–Crippen LogP) is 4.87. The van der Waals surface area contributed by atoms with E-state index in [1.807, 2.05) is 36.4 Å². The highest BCUT2D eigenvalue weighted by Crippen LogP contribution is 2.44. The SMILES string of the molecule is C=CCOc1ccc(C[C@@H](NC(=O)OCC2c3ccccc3-c3ccccc32)C(=O)OC)cc1. The lowest BCUT2D eigenvalue weighted by Crippen LogP contribution is -2.43. The Kier molecular flexibility index (Phi) is 7.28. The van der Waals surface area contributed by atoms with Gasteiger partial charge in [-0.05, 0) is 39.9 Å². The minimum Gasteiger partial charge on any atom is -0.490 e. The van der Waals surface area contributed by atoms with Crippen LogP contribution in [0.1, 0.15) is 22.6 Å². The molecule has 0 saturated carbocycles. The minimum absolute atomic E-state index is 0.0576. The van der Waals surface area contributed by atoms with Crippen LogP contribution in [0.2, 0.25) is 0 Å². The number of nitrogens with one attached hydrogen (secondary N) is 1. The number of hydrogen-bond acceptors (Lipinski definition) is 5. The van der Waals surface area contributed by atoms with Crippen LogP contribution in [0.15, 0.2) is 85.5 Å². The Hall–Kier alpha value is -4.06. The number of amides is 1. The average molecular weight is 458 g/mol. The van der Waals surface area contributed by atoms with E-state index in [0.29, 0.717) is 12.4 Å². The Balaban J connectivity index is 1.40. The molecule has 6 nitrogen and oxygen atoms in total. The number of alkyl carbamates (subject to hydrolysis) is 1. The van der Waals surface area contributed by atoms with Crippen LogP contribution in [0.3, 0.4) is 0 Å². The lowest BCUT2D eigenvalue weighted by atomic mass is 9.98. The normalized spacial score (nSPS) is 12.7. The van der Waals surface area contributed by atoms with Gasteiger partial charge in [-0.15, -0.1) is 0 Å². The van der Waals surface area contributed by atoms with E-state index in [-0.39, 0.29) is 18.9 Å². The molecule has 4 rings (SSSR count). The van der Waals surface area contributed by atoms with E-state index in [2.05, 4.69) is 36.2 Å². The molecule has 34 heavy (non-hydrogen) atoms. The van der Waals surface area contributed by atoms with Gasteiger partial charge in [0.15, 0.2) is 0 Å². The van der Waals surface area contributed by atoms with Crippen molar-refractivity contribution >= 4 is 12.1 Å². The monoisotopic (exact) mass is 457 g/mol. The van der Waals surface area contributed by atoms with Crippen LogP contribution >= 0.6 is 0 Å². The molecule has 0 aliphatic heterocycles. The number of benzene rings is 3. The zero-order valence-corrected chi connectivity index (χ0v) is 19.0. The highest BCUT2D eigenvalue weighted by Gasteiger charge is 2.30. The fraction of sp³-hybridized carbons (Fsp3) is 0.214. The van der Waals surface area contributed by atoms with Crippen molar-refractivity contribution in [3.8, 4) is 16.9 Å². The van der Waals surface area contributed by atoms with E-state index >= 15 is 0 Å². The minimum atomic E-state index is -0.874. The number of hydrogen-bond donors (Lipinski definition) is 1. The van der Waals surface area contributed by atoms with Crippen molar-refractivity contribution in [3.05, 3.63) is 102 Å². The highest BCUT2D eigenvalue weighted by molar-refractivity contribution is 5.82. The topological polar surface area (TPSA) is 73.9 Å². The fourth-order valence-corrected chi connectivity index (χ4v) is 4.23. The van der Waals surface area contributed by atoms with Crippen LogP contribution in [0.5, 0.6) is 5.75 Å². The zero-order chi connectivity index (χ0) is 23.9. The van der Waals surface area contributed by atoms with Gasteiger partial charge in [-0.1, -0.05) is 73.3 Å². The first kappa shape index (κ1) is 23.1. The first-order valence-electron chi connectivity index (χ1n) is 11.1. The number of carbonyl (C=O) groups excluding carboxylic acids is 2. The molecule has 6 heteroatoms. The number of esters is 1. The summed E-state index contributed by atoms with van der Waals surface area (Å²) in [7, 11) is 1.29. The van der Waals surface area contributed by atoms with Crippen molar-refractivity contribution in [2.45, 2.75) is 18.4 Å². The number of rotatable bonds is 9. The predicted molar refractivity (Wildman–Crippen MR) is 130 cm³/mol. The summed E-state index contributed by atoms with van der Waals surface area (Å²) in [5.74, 6) is 0.0982. The standard InChI is InChI=1S/C28H27NO5/c1-3-16-33-20-14-12-19(13-15-20)17-26(27(30)32-2)29-28(31)34-18-25-23-10-6-4-8-21(23)22-9-5-7-11-24(22)25/h3-15,25-26H,1,16-18H2,2H3,(H,29,31)/t26-/m1/s1. The first-order chi connectivity index (χ1) is 16.6. The second kappa shape index (κ2) is 10.7. The molecular weight excluding hydrogens is 430 g/mol. The Bertz CT molecular complexity index is 1130. The molecule has 0 saturated heterocycles. The molecular formula is C28H27NO5.